The Hall–Kier alpha value is -4.86. The summed E-state index contributed by atoms with van der Waals surface area (Å²) < 4.78 is 14.0. The molecule has 4 aromatic heterocycles. The smallest absolute Gasteiger partial charge is 0.227 e. The summed E-state index contributed by atoms with van der Waals surface area (Å²) in [6, 6.07) is 25.2. The first kappa shape index (κ1) is 37.1. The molecule has 0 radical (unpaired) electrons. The van der Waals surface area contributed by atoms with E-state index in [1.54, 1.807) is 22.7 Å². The topological polar surface area (TPSA) is 113 Å². The maximum atomic E-state index is 5.44. The Bertz CT molecular complexity index is 2340. The normalized spacial score (nSPS) is 14.5. The van der Waals surface area contributed by atoms with Crippen molar-refractivity contribution in [2.45, 2.75) is 19.8 Å². The van der Waals surface area contributed by atoms with Crippen molar-refractivity contribution in [2.24, 2.45) is 0 Å². The average Bonchev–Trinajstić information content (AvgIpc) is 3.81. The second kappa shape index (κ2) is 17.3. The van der Waals surface area contributed by atoms with E-state index in [-0.39, 0.29) is 0 Å². The minimum Gasteiger partial charge on any atom is -0.378 e. The Kier molecular flexibility index (Phi) is 11.7. The molecule has 0 atom stereocenters. The van der Waals surface area contributed by atoms with Crippen LogP contribution in [0.2, 0.25) is 0 Å². The van der Waals surface area contributed by atoms with Gasteiger partial charge in [-0.05, 0) is 82.0 Å². The fourth-order valence-electron chi connectivity index (χ4n) is 6.51. The van der Waals surface area contributed by atoms with Gasteiger partial charge in [0.2, 0.25) is 11.9 Å². The molecule has 0 saturated carbocycles. The maximum Gasteiger partial charge on any atom is 0.227 e. The Balaban J connectivity index is 0.000000164. The van der Waals surface area contributed by atoms with Crippen LogP contribution in [0.1, 0.15) is 25.3 Å². The SMILES string of the molecule is Brc1csc2cnc(Nc3ccc(N4CCOCC4)cc3)nc12.CC(C)c1ccccc1Nc1csc2cnc(Nc3ccc(N4CCOCC4)cc3)nc12. The number of para-hydroxylation sites is 1. The van der Waals surface area contributed by atoms with Gasteiger partial charge in [0.05, 0.1) is 58.4 Å². The minimum atomic E-state index is 0.441. The largest absolute Gasteiger partial charge is 0.378 e. The van der Waals surface area contributed by atoms with E-state index in [9.17, 15) is 0 Å². The molecule has 0 bridgehead atoms. The molecule has 282 valence electrons. The monoisotopic (exact) mass is 835 g/mol. The molecule has 0 unspecified atom stereocenters. The number of nitrogens with one attached hydrogen (secondary N) is 3. The molecule has 7 aromatic rings. The second-order valence-corrected chi connectivity index (χ2v) is 16.1. The Morgan fingerprint density at radius 2 is 1.13 bits per heavy atom. The highest BCUT2D eigenvalue weighted by atomic mass is 79.9. The van der Waals surface area contributed by atoms with Crippen molar-refractivity contribution in [3.63, 3.8) is 0 Å². The molecule has 3 aromatic carbocycles. The van der Waals surface area contributed by atoms with E-state index in [1.165, 1.54) is 16.9 Å². The van der Waals surface area contributed by atoms with Crippen molar-refractivity contribution in [3.8, 4) is 0 Å². The molecule has 2 saturated heterocycles. The number of halogens is 1. The van der Waals surface area contributed by atoms with Crippen molar-refractivity contribution >= 4 is 105 Å². The standard InChI is InChI=1S/C25H27N5OS.C16H15BrN4OS/c1-17(2)20-5-3-4-6-21(20)28-22-16-32-23-15-26-25(29-24(22)23)27-18-7-9-19(10-8-18)30-11-13-31-14-12-30;17-13-10-23-14-9-18-16(20-15(13)14)19-11-1-3-12(4-2-11)21-5-7-22-8-6-21/h3-10,15-17,28H,11-14H2,1-2H3,(H,26,27,29);1-4,9-10H,5-8H2,(H,18,19,20). The first-order valence-corrected chi connectivity index (χ1v) is 20.9. The number of ether oxygens (including phenoxy) is 2. The fraction of sp³-hybridized carbons (Fsp3) is 0.268. The summed E-state index contributed by atoms with van der Waals surface area (Å²) in [4.78, 5) is 22.9. The molecular formula is C41H42BrN9O2S2. The third kappa shape index (κ3) is 9.00. The third-order valence-corrected chi connectivity index (χ3v) is 12.2. The maximum absolute atomic E-state index is 5.44. The van der Waals surface area contributed by atoms with Gasteiger partial charge in [0.25, 0.3) is 0 Å². The molecule has 0 spiro atoms. The lowest BCUT2D eigenvalue weighted by Crippen LogP contribution is -2.36. The summed E-state index contributed by atoms with van der Waals surface area (Å²) in [6.07, 6.45) is 3.74. The number of aromatic nitrogens is 4. The minimum absolute atomic E-state index is 0.441. The van der Waals surface area contributed by atoms with Crippen LogP contribution in [0.4, 0.5) is 46.0 Å². The van der Waals surface area contributed by atoms with Gasteiger partial charge in [0, 0.05) is 65.4 Å². The lowest BCUT2D eigenvalue weighted by atomic mass is 10.0. The zero-order chi connectivity index (χ0) is 37.6. The van der Waals surface area contributed by atoms with Gasteiger partial charge in [0.1, 0.15) is 11.0 Å². The molecule has 6 heterocycles. The number of rotatable bonds is 9. The first-order chi connectivity index (χ1) is 27.0. The molecule has 14 heteroatoms. The molecule has 11 nitrogen and oxygen atoms in total. The summed E-state index contributed by atoms with van der Waals surface area (Å²) in [6.45, 7) is 11.3. The van der Waals surface area contributed by atoms with Crippen LogP contribution < -0.4 is 25.8 Å². The van der Waals surface area contributed by atoms with Gasteiger partial charge >= 0.3 is 0 Å². The number of thiophene rings is 2. The lowest BCUT2D eigenvalue weighted by Gasteiger charge is -2.28. The van der Waals surface area contributed by atoms with Gasteiger partial charge in [0.15, 0.2) is 0 Å². The number of hydrogen-bond acceptors (Lipinski definition) is 13. The summed E-state index contributed by atoms with van der Waals surface area (Å²) >= 11 is 6.80. The molecule has 0 amide bonds. The number of hydrogen-bond donors (Lipinski definition) is 3. The van der Waals surface area contributed by atoms with Crippen molar-refractivity contribution < 1.29 is 9.47 Å². The fourth-order valence-corrected chi connectivity index (χ4v) is 8.74. The van der Waals surface area contributed by atoms with Gasteiger partial charge in [-0.1, -0.05) is 32.0 Å². The van der Waals surface area contributed by atoms with Crippen LogP contribution in [0.5, 0.6) is 0 Å². The van der Waals surface area contributed by atoms with Gasteiger partial charge in [-0.25, -0.2) is 19.9 Å². The number of benzene rings is 3. The molecule has 2 aliphatic rings. The van der Waals surface area contributed by atoms with Crippen LogP contribution in [0.25, 0.3) is 20.4 Å². The average molecular weight is 837 g/mol. The molecule has 2 fully saturated rings. The van der Waals surface area contributed by atoms with Crippen LogP contribution >= 0.6 is 38.6 Å². The third-order valence-electron chi connectivity index (χ3n) is 9.44. The van der Waals surface area contributed by atoms with Crippen molar-refractivity contribution in [1.82, 2.24) is 19.9 Å². The zero-order valence-corrected chi connectivity index (χ0v) is 33.9. The van der Waals surface area contributed by atoms with Crippen LogP contribution in [-0.2, 0) is 9.47 Å². The molecule has 3 N–H and O–H groups in total. The molecular weight excluding hydrogens is 795 g/mol. The summed E-state index contributed by atoms with van der Waals surface area (Å²) in [5, 5.41) is 14.3. The van der Waals surface area contributed by atoms with E-state index in [2.05, 4.69) is 149 Å². The van der Waals surface area contributed by atoms with Gasteiger partial charge in [-0.2, -0.15) is 0 Å². The van der Waals surface area contributed by atoms with E-state index in [1.807, 2.05) is 17.8 Å². The number of nitrogens with zero attached hydrogens (tertiary/aromatic N) is 6. The highest BCUT2D eigenvalue weighted by Gasteiger charge is 2.14. The quantitative estimate of drug-likeness (QED) is 0.129. The first-order valence-electron chi connectivity index (χ1n) is 18.4. The van der Waals surface area contributed by atoms with Gasteiger partial charge in [-0.3, -0.25) is 0 Å². The molecule has 2 aliphatic heterocycles. The highest BCUT2D eigenvalue weighted by molar-refractivity contribution is 9.10. The van der Waals surface area contributed by atoms with Crippen LogP contribution in [0, 0.1) is 0 Å². The highest BCUT2D eigenvalue weighted by Crippen LogP contribution is 2.35. The molecule has 0 aliphatic carbocycles. The zero-order valence-electron chi connectivity index (χ0n) is 30.7. The Morgan fingerprint density at radius 1 is 0.618 bits per heavy atom. The van der Waals surface area contributed by atoms with Crippen LogP contribution in [0.15, 0.2) is 100 Å². The predicted molar refractivity (Wildman–Crippen MR) is 232 cm³/mol. The van der Waals surface area contributed by atoms with Crippen LogP contribution in [-0.4, -0.2) is 72.5 Å². The van der Waals surface area contributed by atoms with Gasteiger partial charge in [-0.15, -0.1) is 22.7 Å². The predicted octanol–water partition coefficient (Wildman–Crippen LogP) is 10.2. The summed E-state index contributed by atoms with van der Waals surface area (Å²) in [5.41, 5.74) is 9.66. The molecule has 55 heavy (non-hydrogen) atoms. The van der Waals surface area contributed by atoms with E-state index in [0.29, 0.717) is 17.8 Å². The van der Waals surface area contributed by atoms with Crippen molar-refractivity contribution in [2.75, 3.05) is 78.4 Å². The van der Waals surface area contributed by atoms with E-state index < -0.39 is 0 Å². The van der Waals surface area contributed by atoms with Gasteiger partial charge < -0.3 is 35.2 Å². The summed E-state index contributed by atoms with van der Waals surface area (Å²) in [7, 11) is 0. The summed E-state index contributed by atoms with van der Waals surface area (Å²) in [5.74, 6) is 1.64. The van der Waals surface area contributed by atoms with Crippen molar-refractivity contribution in [1.29, 1.82) is 0 Å². The number of fused-ring (bicyclic) bond motifs is 2. The lowest BCUT2D eigenvalue weighted by molar-refractivity contribution is 0.122. The molecule has 9 rings (SSSR count). The van der Waals surface area contributed by atoms with Crippen molar-refractivity contribution in [3.05, 3.63) is 106 Å². The Morgan fingerprint density at radius 3 is 1.69 bits per heavy atom. The second-order valence-electron chi connectivity index (χ2n) is 13.5. The van der Waals surface area contributed by atoms with Crippen LogP contribution in [0.3, 0.4) is 0 Å². The Labute approximate surface area is 336 Å². The van der Waals surface area contributed by atoms with E-state index in [4.69, 9.17) is 14.5 Å². The number of anilines is 8. The number of morpholine rings is 2. The van der Waals surface area contributed by atoms with E-state index >= 15 is 0 Å². The van der Waals surface area contributed by atoms with E-state index in [0.717, 1.165) is 100 Å².